The summed E-state index contributed by atoms with van der Waals surface area (Å²) in [6, 6.07) is 13.8. The number of esters is 1. The van der Waals surface area contributed by atoms with Crippen LogP contribution in [0.1, 0.15) is 48.9 Å². The Kier molecular flexibility index (Phi) is 5.93. The van der Waals surface area contributed by atoms with Gasteiger partial charge in [-0.15, -0.1) is 0 Å². The van der Waals surface area contributed by atoms with Gasteiger partial charge in [-0.05, 0) is 62.1 Å². The van der Waals surface area contributed by atoms with Crippen molar-refractivity contribution in [1.82, 2.24) is 0 Å². The highest BCUT2D eigenvalue weighted by molar-refractivity contribution is 6.05. The molecule has 2 aliphatic rings. The van der Waals surface area contributed by atoms with Gasteiger partial charge in [0, 0.05) is 23.0 Å². The quantitative estimate of drug-likeness (QED) is 0.706. The molecular weight excluding hydrogens is 396 g/mol. The molecule has 1 aliphatic heterocycles. The largest absolute Gasteiger partial charge is 0.497 e. The van der Waals surface area contributed by atoms with E-state index in [1.54, 1.807) is 55.6 Å². The summed E-state index contributed by atoms with van der Waals surface area (Å²) < 4.78 is 10.8. The van der Waals surface area contributed by atoms with E-state index in [-0.39, 0.29) is 24.2 Å². The maximum Gasteiger partial charge on any atom is 0.307 e. The number of carbonyl (C=O) groups is 3. The Labute approximate surface area is 181 Å². The highest BCUT2D eigenvalue weighted by Gasteiger charge is 2.52. The van der Waals surface area contributed by atoms with Gasteiger partial charge < -0.3 is 20.1 Å². The van der Waals surface area contributed by atoms with E-state index < -0.39 is 11.5 Å². The molecule has 7 nitrogen and oxygen atoms in total. The topological polar surface area (TPSA) is 93.7 Å². The summed E-state index contributed by atoms with van der Waals surface area (Å²) in [5, 5.41) is 5.71. The molecule has 4 rings (SSSR count). The van der Waals surface area contributed by atoms with Gasteiger partial charge in [-0.1, -0.05) is 12.5 Å². The SMILES string of the molecule is COc1cccc(NC(=O)c2ccc(NC(=O)[C@@H]3CC(=O)OC34CCCCC4)cc2)c1. The first-order valence-electron chi connectivity index (χ1n) is 10.6. The Morgan fingerprint density at radius 1 is 1.00 bits per heavy atom. The minimum absolute atomic E-state index is 0.118. The van der Waals surface area contributed by atoms with Gasteiger partial charge in [0.15, 0.2) is 0 Å². The summed E-state index contributed by atoms with van der Waals surface area (Å²) in [4.78, 5) is 37.4. The fourth-order valence-corrected chi connectivity index (χ4v) is 4.46. The van der Waals surface area contributed by atoms with Crippen molar-refractivity contribution in [3.05, 3.63) is 54.1 Å². The van der Waals surface area contributed by atoms with Gasteiger partial charge in [-0.3, -0.25) is 14.4 Å². The van der Waals surface area contributed by atoms with Crippen molar-refractivity contribution >= 4 is 29.2 Å². The standard InChI is InChI=1S/C24H26N2O5/c1-30-19-7-5-6-18(14-19)26-22(28)16-8-10-17(11-9-16)25-23(29)20-15-21(27)31-24(20)12-3-2-4-13-24/h5-11,14,20H,2-4,12-13,15H2,1H3,(H,25,29)(H,26,28)/t20-/m0/s1. The summed E-state index contributed by atoms with van der Waals surface area (Å²) in [7, 11) is 1.57. The number of anilines is 2. The van der Waals surface area contributed by atoms with Gasteiger partial charge in [0.2, 0.25) is 5.91 Å². The number of rotatable bonds is 5. The lowest BCUT2D eigenvalue weighted by Crippen LogP contribution is -2.43. The Hall–Kier alpha value is -3.35. The van der Waals surface area contributed by atoms with E-state index in [4.69, 9.17) is 9.47 Å². The highest BCUT2D eigenvalue weighted by atomic mass is 16.6. The molecule has 162 valence electrons. The van der Waals surface area contributed by atoms with E-state index in [2.05, 4.69) is 10.6 Å². The minimum Gasteiger partial charge on any atom is -0.497 e. The van der Waals surface area contributed by atoms with Crippen LogP contribution in [0, 0.1) is 5.92 Å². The molecule has 31 heavy (non-hydrogen) atoms. The third-order valence-corrected chi connectivity index (χ3v) is 6.08. The predicted molar refractivity (Wildman–Crippen MR) is 116 cm³/mol. The van der Waals surface area contributed by atoms with E-state index in [1.165, 1.54) is 0 Å². The molecule has 0 unspecified atom stereocenters. The van der Waals surface area contributed by atoms with Gasteiger partial charge in [-0.25, -0.2) is 0 Å². The lowest BCUT2D eigenvalue weighted by molar-refractivity contribution is -0.153. The van der Waals surface area contributed by atoms with Crippen LogP contribution in [-0.4, -0.2) is 30.5 Å². The van der Waals surface area contributed by atoms with Crippen LogP contribution < -0.4 is 15.4 Å². The van der Waals surface area contributed by atoms with Crippen LogP contribution in [0.15, 0.2) is 48.5 Å². The molecule has 1 heterocycles. The number of hydrogen-bond donors (Lipinski definition) is 2. The zero-order chi connectivity index (χ0) is 21.8. The first-order valence-corrected chi connectivity index (χ1v) is 10.6. The molecule has 0 bridgehead atoms. The van der Waals surface area contributed by atoms with E-state index in [1.807, 2.05) is 0 Å². The molecule has 2 aromatic rings. The average Bonchev–Trinajstić information content (AvgIpc) is 3.10. The van der Waals surface area contributed by atoms with E-state index in [9.17, 15) is 14.4 Å². The third kappa shape index (κ3) is 4.55. The van der Waals surface area contributed by atoms with Crippen molar-refractivity contribution in [2.24, 2.45) is 5.92 Å². The van der Waals surface area contributed by atoms with Crippen molar-refractivity contribution < 1.29 is 23.9 Å². The second-order valence-corrected chi connectivity index (χ2v) is 8.11. The van der Waals surface area contributed by atoms with Crippen molar-refractivity contribution in [3.63, 3.8) is 0 Å². The second kappa shape index (κ2) is 8.79. The molecule has 1 saturated heterocycles. The minimum atomic E-state index is -0.657. The molecule has 2 aromatic carbocycles. The normalized spacial score (nSPS) is 19.5. The molecular formula is C24H26N2O5. The van der Waals surface area contributed by atoms with Crippen LogP contribution in [-0.2, 0) is 14.3 Å². The first kappa shape index (κ1) is 20.9. The predicted octanol–water partition coefficient (Wildman–Crippen LogP) is 4.15. The summed E-state index contributed by atoms with van der Waals surface area (Å²) in [6.45, 7) is 0. The monoisotopic (exact) mass is 422 g/mol. The van der Waals surface area contributed by atoms with Gasteiger partial charge in [0.25, 0.3) is 5.91 Å². The van der Waals surface area contributed by atoms with E-state index in [0.29, 0.717) is 22.7 Å². The third-order valence-electron chi connectivity index (χ3n) is 6.08. The van der Waals surface area contributed by atoms with E-state index in [0.717, 1.165) is 32.1 Å². The Balaban J connectivity index is 1.40. The van der Waals surface area contributed by atoms with Crippen molar-refractivity contribution in [3.8, 4) is 5.75 Å². The summed E-state index contributed by atoms with van der Waals surface area (Å²) in [6.07, 6.45) is 4.63. The highest BCUT2D eigenvalue weighted by Crippen LogP contribution is 2.44. The zero-order valence-electron chi connectivity index (χ0n) is 17.5. The number of nitrogens with one attached hydrogen (secondary N) is 2. The lowest BCUT2D eigenvalue weighted by Gasteiger charge is -2.36. The van der Waals surface area contributed by atoms with E-state index >= 15 is 0 Å². The maximum absolute atomic E-state index is 12.9. The molecule has 1 saturated carbocycles. The molecule has 0 radical (unpaired) electrons. The Bertz CT molecular complexity index is 980. The van der Waals surface area contributed by atoms with Gasteiger partial charge in [0.1, 0.15) is 11.4 Å². The Morgan fingerprint density at radius 2 is 1.74 bits per heavy atom. The van der Waals surface area contributed by atoms with Crippen molar-refractivity contribution in [1.29, 1.82) is 0 Å². The Morgan fingerprint density at radius 3 is 2.45 bits per heavy atom. The van der Waals surface area contributed by atoms with Crippen LogP contribution in [0.4, 0.5) is 11.4 Å². The van der Waals surface area contributed by atoms with Crippen LogP contribution in [0.2, 0.25) is 0 Å². The van der Waals surface area contributed by atoms with Crippen molar-refractivity contribution in [2.75, 3.05) is 17.7 Å². The molecule has 1 atom stereocenters. The van der Waals surface area contributed by atoms with Gasteiger partial charge in [-0.2, -0.15) is 0 Å². The molecule has 1 spiro atoms. The summed E-state index contributed by atoms with van der Waals surface area (Å²) >= 11 is 0. The molecule has 1 aliphatic carbocycles. The fourth-order valence-electron chi connectivity index (χ4n) is 4.46. The number of benzene rings is 2. The summed E-state index contributed by atoms with van der Waals surface area (Å²) in [5.41, 5.74) is 1.01. The number of carbonyl (C=O) groups excluding carboxylic acids is 3. The van der Waals surface area contributed by atoms with Crippen molar-refractivity contribution in [2.45, 2.75) is 44.1 Å². The summed E-state index contributed by atoms with van der Waals surface area (Å²) in [5.74, 6) is -0.590. The van der Waals surface area contributed by atoms with Gasteiger partial charge in [0.05, 0.1) is 19.4 Å². The fraction of sp³-hybridized carbons (Fsp3) is 0.375. The smallest absolute Gasteiger partial charge is 0.307 e. The number of amides is 2. The average molecular weight is 422 g/mol. The molecule has 2 fully saturated rings. The molecule has 2 N–H and O–H groups in total. The zero-order valence-corrected chi connectivity index (χ0v) is 17.5. The number of ether oxygens (including phenoxy) is 2. The molecule has 2 amide bonds. The van der Waals surface area contributed by atoms with Crippen LogP contribution in [0.25, 0.3) is 0 Å². The second-order valence-electron chi connectivity index (χ2n) is 8.11. The van der Waals surface area contributed by atoms with Gasteiger partial charge >= 0.3 is 5.97 Å². The van der Waals surface area contributed by atoms with Crippen LogP contribution in [0.5, 0.6) is 5.75 Å². The van der Waals surface area contributed by atoms with Crippen LogP contribution in [0.3, 0.4) is 0 Å². The number of hydrogen-bond acceptors (Lipinski definition) is 5. The van der Waals surface area contributed by atoms with Crippen LogP contribution >= 0.6 is 0 Å². The maximum atomic E-state index is 12.9. The molecule has 0 aromatic heterocycles. The lowest BCUT2D eigenvalue weighted by atomic mass is 9.75. The number of methoxy groups -OCH3 is 1. The molecule has 7 heteroatoms. The first-order chi connectivity index (χ1) is 15.0.